The molecule has 44 heavy (non-hydrogen) atoms. The van der Waals surface area contributed by atoms with Gasteiger partial charge in [0, 0.05) is 37.5 Å². The van der Waals surface area contributed by atoms with Gasteiger partial charge in [0.25, 0.3) is 5.91 Å². The van der Waals surface area contributed by atoms with Crippen LogP contribution in [0.15, 0.2) is 65.2 Å². The molecule has 1 spiro atoms. The number of pyridine rings is 1. The molecule has 0 radical (unpaired) electrons. The second-order valence-electron chi connectivity index (χ2n) is 11.0. The average molecular weight is 600 g/mol. The number of halogens is 1. The van der Waals surface area contributed by atoms with Crippen molar-refractivity contribution >= 4 is 35.6 Å². The van der Waals surface area contributed by atoms with Gasteiger partial charge in [0.1, 0.15) is 23.5 Å². The van der Waals surface area contributed by atoms with Gasteiger partial charge in [-0.05, 0) is 62.9 Å². The number of urea groups is 1. The highest BCUT2D eigenvalue weighted by Crippen LogP contribution is 2.42. The molecule has 0 bridgehead atoms. The molecule has 13 heteroatoms. The van der Waals surface area contributed by atoms with Crippen LogP contribution in [0.1, 0.15) is 43.0 Å². The Morgan fingerprint density at radius 2 is 1.89 bits per heavy atom. The van der Waals surface area contributed by atoms with Gasteiger partial charge in [-0.2, -0.15) is 0 Å². The van der Waals surface area contributed by atoms with Crippen LogP contribution in [0, 0.1) is 5.82 Å². The Hall–Kier alpha value is -5.04. The number of ether oxygens (including phenoxy) is 1. The number of nitrogens with zero attached hydrogens (tertiary/aromatic N) is 7. The number of imide groups is 1. The molecule has 12 nitrogen and oxygen atoms in total. The summed E-state index contributed by atoms with van der Waals surface area (Å²) in [5.74, 6) is -1.91. The Morgan fingerprint density at radius 1 is 1.09 bits per heavy atom. The first-order valence-electron chi connectivity index (χ1n) is 14.2. The highest BCUT2D eigenvalue weighted by Gasteiger charge is 2.59. The van der Waals surface area contributed by atoms with Crippen LogP contribution in [0.25, 0.3) is 11.3 Å². The van der Waals surface area contributed by atoms with Crippen LogP contribution in [0.3, 0.4) is 0 Å². The Labute approximate surface area is 252 Å². The fraction of sp³-hybridized carbons (Fsp3) is 0.323. The van der Waals surface area contributed by atoms with Crippen molar-refractivity contribution in [1.82, 2.24) is 19.9 Å². The summed E-state index contributed by atoms with van der Waals surface area (Å²) in [5.41, 5.74) is 1.43. The third kappa shape index (κ3) is 5.08. The standard InChI is InChI=1S/C31H30FN7O5/c1-19-4-3-11-33-25(19)17-37-12-9-31(10-13-37)29(42)38(30(43)39(31)26-15-27(44-2)36-18-35-26)21-6-8-24(34-16-21)22-7-5-20(28(40)41)14-23(22)32/h5-8,11,14-16,18H,3-4,9-10,12-13,17H2,1-2H3,(H,40,41). The first kappa shape index (κ1) is 29.1. The van der Waals surface area contributed by atoms with Crippen molar-refractivity contribution in [3.63, 3.8) is 0 Å². The number of carboxylic acid groups (broad SMARTS) is 1. The summed E-state index contributed by atoms with van der Waals surface area (Å²) in [4.78, 5) is 61.6. The molecular weight excluding hydrogens is 569 g/mol. The van der Waals surface area contributed by atoms with Gasteiger partial charge in [0.2, 0.25) is 5.88 Å². The number of carbonyl (C=O) groups is 3. The number of piperidine rings is 1. The minimum Gasteiger partial charge on any atom is -0.481 e. The summed E-state index contributed by atoms with van der Waals surface area (Å²) in [6, 6.07) is 7.48. The lowest BCUT2D eigenvalue weighted by Crippen LogP contribution is -2.57. The molecule has 0 saturated carbocycles. The molecule has 3 aliphatic rings. The molecule has 5 heterocycles. The van der Waals surface area contributed by atoms with E-state index >= 15 is 0 Å². The zero-order valence-corrected chi connectivity index (χ0v) is 24.2. The predicted molar refractivity (Wildman–Crippen MR) is 159 cm³/mol. The number of aromatic carboxylic acids is 1. The molecule has 0 aliphatic carbocycles. The maximum Gasteiger partial charge on any atom is 0.338 e. The summed E-state index contributed by atoms with van der Waals surface area (Å²) in [6.45, 7) is 3.87. The largest absolute Gasteiger partial charge is 0.481 e. The number of methoxy groups -OCH3 is 1. The third-order valence-corrected chi connectivity index (χ3v) is 8.42. The molecule has 3 aliphatic heterocycles. The number of benzene rings is 1. The van der Waals surface area contributed by atoms with Crippen LogP contribution in [-0.2, 0) is 4.79 Å². The number of anilines is 2. The van der Waals surface area contributed by atoms with Crippen LogP contribution in [0.5, 0.6) is 5.88 Å². The number of hydrogen-bond acceptors (Lipinski definition) is 9. The predicted octanol–water partition coefficient (Wildman–Crippen LogP) is 4.33. The molecule has 3 aromatic rings. The van der Waals surface area contributed by atoms with Crippen molar-refractivity contribution in [2.75, 3.05) is 36.5 Å². The van der Waals surface area contributed by atoms with E-state index in [2.05, 4.69) is 31.8 Å². The maximum atomic E-state index is 14.7. The molecule has 1 aromatic carbocycles. The van der Waals surface area contributed by atoms with Gasteiger partial charge in [0.05, 0.1) is 35.9 Å². The zero-order valence-electron chi connectivity index (χ0n) is 24.2. The minimum atomic E-state index is -1.25. The smallest absolute Gasteiger partial charge is 0.338 e. The molecule has 2 aromatic heterocycles. The molecule has 0 unspecified atom stereocenters. The third-order valence-electron chi connectivity index (χ3n) is 8.42. The molecule has 6 rings (SSSR count). The number of allylic oxidation sites excluding steroid dienone is 1. The lowest BCUT2D eigenvalue weighted by Gasteiger charge is -2.41. The second-order valence-corrected chi connectivity index (χ2v) is 11.0. The number of aliphatic imine (C=N–C) groups is 1. The fourth-order valence-corrected chi connectivity index (χ4v) is 5.93. The summed E-state index contributed by atoms with van der Waals surface area (Å²) in [6.07, 6.45) is 7.20. The normalized spacial score (nSPS) is 18.4. The van der Waals surface area contributed by atoms with E-state index in [1.807, 2.05) is 6.21 Å². The fourth-order valence-electron chi connectivity index (χ4n) is 5.93. The van der Waals surface area contributed by atoms with Gasteiger partial charge in [-0.3, -0.25) is 24.6 Å². The van der Waals surface area contributed by atoms with E-state index in [0.29, 0.717) is 32.5 Å². The van der Waals surface area contributed by atoms with Gasteiger partial charge in [-0.1, -0.05) is 5.57 Å². The number of carboxylic acids is 1. The molecule has 0 atom stereocenters. The number of rotatable bonds is 7. The van der Waals surface area contributed by atoms with E-state index in [-0.39, 0.29) is 34.2 Å². The Morgan fingerprint density at radius 3 is 2.55 bits per heavy atom. The number of aromatic nitrogens is 3. The molecule has 2 saturated heterocycles. The van der Waals surface area contributed by atoms with Crippen LogP contribution >= 0.6 is 0 Å². The van der Waals surface area contributed by atoms with Gasteiger partial charge >= 0.3 is 12.0 Å². The Balaban J connectivity index is 1.31. The summed E-state index contributed by atoms with van der Waals surface area (Å²) in [7, 11) is 1.46. The summed E-state index contributed by atoms with van der Waals surface area (Å²) < 4.78 is 20.0. The lowest BCUT2D eigenvalue weighted by molar-refractivity contribution is -0.123. The lowest BCUT2D eigenvalue weighted by atomic mass is 9.85. The van der Waals surface area contributed by atoms with Gasteiger partial charge in [-0.15, -0.1) is 0 Å². The topological polar surface area (TPSA) is 141 Å². The first-order chi connectivity index (χ1) is 21.2. The number of likely N-dealkylation sites (tertiary alicyclic amines) is 1. The second kappa shape index (κ2) is 11.6. The molecule has 1 N–H and O–H groups in total. The van der Waals surface area contributed by atoms with E-state index in [1.165, 1.54) is 60.4 Å². The number of amides is 3. The Kier molecular flexibility index (Phi) is 7.64. The molecule has 2 fully saturated rings. The number of carbonyl (C=O) groups excluding carboxylic acids is 2. The van der Waals surface area contributed by atoms with E-state index in [1.54, 1.807) is 0 Å². The van der Waals surface area contributed by atoms with Gasteiger partial charge in [0.15, 0.2) is 0 Å². The molecule has 3 amide bonds. The van der Waals surface area contributed by atoms with Crippen molar-refractivity contribution in [3.8, 4) is 17.1 Å². The van der Waals surface area contributed by atoms with Crippen LogP contribution in [-0.4, -0.2) is 81.4 Å². The van der Waals surface area contributed by atoms with E-state index in [4.69, 9.17) is 9.84 Å². The van der Waals surface area contributed by atoms with Gasteiger partial charge < -0.3 is 9.84 Å². The summed E-state index contributed by atoms with van der Waals surface area (Å²) >= 11 is 0. The molecule has 226 valence electrons. The van der Waals surface area contributed by atoms with Crippen LogP contribution in [0.2, 0.25) is 0 Å². The Bertz CT molecular complexity index is 1700. The van der Waals surface area contributed by atoms with Crippen LogP contribution < -0.4 is 14.5 Å². The van der Waals surface area contributed by atoms with Gasteiger partial charge in [-0.25, -0.2) is 28.8 Å². The minimum absolute atomic E-state index is 0.0897. The van der Waals surface area contributed by atoms with E-state index < -0.39 is 29.3 Å². The average Bonchev–Trinajstić information content (AvgIpc) is 3.24. The first-order valence-corrected chi connectivity index (χ1v) is 14.2. The number of hydrogen-bond donors (Lipinski definition) is 1. The SMILES string of the molecule is COc1cc(N2C(=O)N(c3ccc(-c4ccc(C(=O)O)cc4F)nc3)C(=O)C23CCN(CC2=C(C)CCC=N2)CC3)ncn1. The zero-order chi connectivity index (χ0) is 31.0. The van der Waals surface area contributed by atoms with Crippen molar-refractivity contribution in [1.29, 1.82) is 0 Å². The quantitative estimate of drug-likeness (QED) is 0.393. The van der Waals surface area contributed by atoms with Crippen molar-refractivity contribution in [3.05, 3.63) is 71.6 Å². The highest BCUT2D eigenvalue weighted by molar-refractivity contribution is 6.30. The monoisotopic (exact) mass is 599 g/mol. The van der Waals surface area contributed by atoms with Crippen molar-refractivity contribution in [2.24, 2.45) is 4.99 Å². The maximum absolute atomic E-state index is 14.7. The summed E-state index contributed by atoms with van der Waals surface area (Å²) in [5, 5.41) is 9.13. The van der Waals surface area contributed by atoms with E-state index in [9.17, 15) is 18.8 Å². The van der Waals surface area contributed by atoms with Crippen LogP contribution in [0.4, 0.5) is 20.7 Å². The van der Waals surface area contributed by atoms with E-state index in [0.717, 1.165) is 29.5 Å². The molecular formula is C31H30FN7O5. The van der Waals surface area contributed by atoms with Crippen molar-refractivity contribution < 1.29 is 28.6 Å². The van der Waals surface area contributed by atoms with Crippen molar-refractivity contribution in [2.45, 2.75) is 38.1 Å². The highest BCUT2D eigenvalue weighted by atomic mass is 19.1.